The van der Waals surface area contributed by atoms with E-state index in [4.69, 9.17) is 0 Å². The Labute approximate surface area is 157 Å². The Kier molecular flexibility index (Phi) is 6.16. The van der Waals surface area contributed by atoms with Gasteiger partial charge < -0.3 is 10.6 Å². The maximum atomic E-state index is 13.7. The largest absolute Gasteiger partial charge is 0.352 e. The summed E-state index contributed by atoms with van der Waals surface area (Å²) in [7, 11) is 0. The number of hydrogen-bond donors (Lipinski definition) is 2. The van der Waals surface area contributed by atoms with E-state index in [0.717, 1.165) is 17.7 Å². The number of hydrogen-bond acceptors (Lipinski definition) is 2. The number of carbonyl (C=O) groups excluding carboxylic acids is 2. The van der Waals surface area contributed by atoms with Crippen LogP contribution in [-0.4, -0.2) is 11.8 Å². The highest BCUT2D eigenvalue weighted by molar-refractivity contribution is 5.92. The average Bonchev–Trinajstić information content (AvgIpc) is 2.69. The molecule has 2 amide bonds. The highest BCUT2D eigenvalue weighted by atomic mass is 19.1. The van der Waals surface area contributed by atoms with Crippen molar-refractivity contribution in [3.8, 4) is 0 Å². The molecule has 0 saturated heterocycles. The van der Waals surface area contributed by atoms with Gasteiger partial charge in [0.1, 0.15) is 11.6 Å². The number of carbonyl (C=O) groups is 2. The molecule has 0 atom stereocenters. The van der Waals surface area contributed by atoms with E-state index in [1.165, 1.54) is 6.07 Å². The Hall–Kier alpha value is -2.76. The summed E-state index contributed by atoms with van der Waals surface area (Å²) in [4.78, 5) is 24.6. The lowest BCUT2D eigenvalue weighted by atomic mass is 9.81. The first-order valence-corrected chi connectivity index (χ1v) is 9.10. The monoisotopic (exact) mass is 372 g/mol. The topological polar surface area (TPSA) is 58.2 Å². The van der Waals surface area contributed by atoms with Gasteiger partial charge in [0.2, 0.25) is 11.8 Å². The van der Waals surface area contributed by atoms with Crippen LogP contribution in [0.1, 0.15) is 31.2 Å². The molecule has 2 aromatic carbocycles. The number of amides is 2. The Bertz CT molecular complexity index is 803. The van der Waals surface area contributed by atoms with Gasteiger partial charge in [0.25, 0.3) is 0 Å². The van der Waals surface area contributed by atoms with Crippen molar-refractivity contribution in [3.63, 3.8) is 0 Å². The number of benzene rings is 2. The van der Waals surface area contributed by atoms with Gasteiger partial charge in [0.05, 0.1) is 5.69 Å². The molecule has 3 rings (SSSR count). The van der Waals surface area contributed by atoms with Gasteiger partial charge in [-0.2, -0.15) is 0 Å². The van der Waals surface area contributed by atoms with Crippen molar-refractivity contribution in [1.82, 2.24) is 5.32 Å². The summed E-state index contributed by atoms with van der Waals surface area (Å²) in [5.74, 6) is -2.15. The zero-order valence-corrected chi connectivity index (χ0v) is 14.9. The van der Waals surface area contributed by atoms with Crippen molar-refractivity contribution in [2.75, 3.05) is 5.32 Å². The maximum absolute atomic E-state index is 13.7. The highest BCUT2D eigenvalue weighted by Gasteiger charge is 2.30. The summed E-state index contributed by atoms with van der Waals surface area (Å²) < 4.78 is 26.6. The van der Waals surface area contributed by atoms with E-state index in [0.29, 0.717) is 32.2 Å². The third-order valence-electron chi connectivity index (χ3n) is 4.97. The van der Waals surface area contributed by atoms with Gasteiger partial charge in [-0.15, -0.1) is 0 Å². The summed E-state index contributed by atoms with van der Waals surface area (Å²) in [6.07, 6.45) is 2.37. The molecule has 2 aromatic rings. The van der Waals surface area contributed by atoms with Gasteiger partial charge in [0, 0.05) is 24.4 Å². The zero-order valence-electron chi connectivity index (χ0n) is 14.9. The lowest BCUT2D eigenvalue weighted by Gasteiger charge is -2.27. The van der Waals surface area contributed by atoms with Crippen LogP contribution >= 0.6 is 0 Å². The summed E-state index contributed by atoms with van der Waals surface area (Å²) >= 11 is 0. The molecule has 4 nitrogen and oxygen atoms in total. The predicted octanol–water partition coefficient (Wildman–Crippen LogP) is 4.03. The Balaban J connectivity index is 1.46. The molecule has 1 aliphatic rings. The molecule has 0 bridgehead atoms. The van der Waals surface area contributed by atoms with Crippen LogP contribution < -0.4 is 10.6 Å². The molecular weight excluding hydrogens is 350 g/mol. The van der Waals surface area contributed by atoms with E-state index in [-0.39, 0.29) is 29.3 Å². The van der Waals surface area contributed by atoms with Gasteiger partial charge in [-0.25, -0.2) is 8.78 Å². The second-order valence-corrected chi connectivity index (χ2v) is 6.87. The minimum Gasteiger partial charge on any atom is -0.352 e. The molecule has 2 N–H and O–H groups in total. The van der Waals surface area contributed by atoms with Crippen LogP contribution in [-0.2, 0) is 16.1 Å². The number of anilines is 1. The first-order chi connectivity index (χ1) is 13.0. The molecule has 0 aliphatic heterocycles. The SMILES string of the molecule is O=C(NCc1ccccc1)C1CCC(C(=O)Nc2ccc(F)cc2F)CC1. The maximum Gasteiger partial charge on any atom is 0.227 e. The van der Waals surface area contributed by atoms with E-state index in [9.17, 15) is 18.4 Å². The molecule has 0 aromatic heterocycles. The van der Waals surface area contributed by atoms with Gasteiger partial charge in [-0.3, -0.25) is 9.59 Å². The first kappa shape index (κ1) is 19.0. The molecule has 1 aliphatic carbocycles. The normalized spacial score (nSPS) is 19.3. The van der Waals surface area contributed by atoms with Crippen molar-refractivity contribution in [3.05, 3.63) is 65.7 Å². The van der Waals surface area contributed by atoms with E-state index < -0.39 is 11.6 Å². The first-order valence-electron chi connectivity index (χ1n) is 9.10. The fourth-order valence-corrected chi connectivity index (χ4v) is 3.37. The van der Waals surface area contributed by atoms with Gasteiger partial charge in [-0.05, 0) is 43.4 Å². The Morgan fingerprint density at radius 2 is 1.52 bits per heavy atom. The van der Waals surface area contributed by atoms with Crippen molar-refractivity contribution in [2.45, 2.75) is 32.2 Å². The van der Waals surface area contributed by atoms with Gasteiger partial charge >= 0.3 is 0 Å². The second-order valence-electron chi connectivity index (χ2n) is 6.87. The minimum atomic E-state index is -0.794. The third kappa shape index (κ3) is 5.12. The standard InChI is InChI=1S/C21H22F2N2O2/c22-17-10-11-19(18(23)12-17)25-21(27)16-8-6-15(7-9-16)20(26)24-13-14-4-2-1-3-5-14/h1-5,10-12,15-16H,6-9,13H2,(H,24,26)(H,25,27). The fourth-order valence-electron chi connectivity index (χ4n) is 3.37. The van der Waals surface area contributed by atoms with Crippen molar-refractivity contribution in [1.29, 1.82) is 0 Å². The van der Waals surface area contributed by atoms with Crippen LogP contribution in [0, 0.1) is 23.5 Å². The number of halogens is 2. The summed E-state index contributed by atoms with van der Waals surface area (Å²) in [6, 6.07) is 12.7. The molecular formula is C21H22F2N2O2. The molecule has 0 unspecified atom stereocenters. The quantitative estimate of drug-likeness (QED) is 0.833. The summed E-state index contributed by atoms with van der Waals surface area (Å²) in [6.45, 7) is 0.490. The molecule has 142 valence electrons. The average molecular weight is 372 g/mol. The van der Waals surface area contributed by atoms with E-state index >= 15 is 0 Å². The zero-order chi connectivity index (χ0) is 19.2. The van der Waals surface area contributed by atoms with E-state index in [1.54, 1.807) is 0 Å². The smallest absolute Gasteiger partial charge is 0.227 e. The molecule has 6 heteroatoms. The Morgan fingerprint density at radius 1 is 0.889 bits per heavy atom. The lowest BCUT2D eigenvalue weighted by molar-refractivity contribution is -0.128. The third-order valence-corrected chi connectivity index (χ3v) is 4.97. The summed E-state index contributed by atoms with van der Waals surface area (Å²) in [5, 5.41) is 5.46. The highest BCUT2D eigenvalue weighted by Crippen LogP contribution is 2.30. The molecule has 1 saturated carbocycles. The van der Waals surface area contributed by atoms with Crippen LogP contribution in [0.2, 0.25) is 0 Å². The fraction of sp³-hybridized carbons (Fsp3) is 0.333. The minimum absolute atomic E-state index is 0.00212. The van der Waals surface area contributed by atoms with Crippen LogP contribution in [0.4, 0.5) is 14.5 Å². The number of nitrogens with one attached hydrogen (secondary N) is 2. The van der Waals surface area contributed by atoms with E-state index in [2.05, 4.69) is 10.6 Å². The van der Waals surface area contributed by atoms with Crippen LogP contribution in [0.5, 0.6) is 0 Å². The molecule has 0 heterocycles. The van der Waals surface area contributed by atoms with Crippen molar-refractivity contribution >= 4 is 17.5 Å². The van der Waals surface area contributed by atoms with E-state index in [1.807, 2.05) is 30.3 Å². The van der Waals surface area contributed by atoms with Crippen LogP contribution in [0.3, 0.4) is 0 Å². The van der Waals surface area contributed by atoms with Crippen molar-refractivity contribution < 1.29 is 18.4 Å². The predicted molar refractivity (Wildman–Crippen MR) is 98.7 cm³/mol. The molecule has 0 spiro atoms. The van der Waals surface area contributed by atoms with Gasteiger partial charge in [-0.1, -0.05) is 30.3 Å². The molecule has 1 fully saturated rings. The van der Waals surface area contributed by atoms with Crippen LogP contribution in [0.15, 0.2) is 48.5 Å². The molecule has 27 heavy (non-hydrogen) atoms. The molecule has 0 radical (unpaired) electrons. The van der Waals surface area contributed by atoms with Crippen LogP contribution in [0.25, 0.3) is 0 Å². The van der Waals surface area contributed by atoms with Gasteiger partial charge in [0.15, 0.2) is 0 Å². The number of rotatable bonds is 5. The second kappa shape index (κ2) is 8.75. The Morgan fingerprint density at radius 3 is 2.15 bits per heavy atom. The lowest BCUT2D eigenvalue weighted by Crippen LogP contribution is -2.35. The van der Waals surface area contributed by atoms with Crippen molar-refractivity contribution in [2.24, 2.45) is 11.8 Å². The summed E-state index contributed by atoms with van der Waals surface area (Å²) in [5.41, 5.74) is 1.02.